The molecule has 5 heteroatoms. The third kappa shape index (κ3) is 2.88. The van der Waals surface area contributed by atoms with E-state index in [1.807, 2.05) is 26.0 Å². The van der Waals surface area contributed by atoms with Crippen molar-refractivity contribution in [2.75, 3.05) is 0 Å². The second-order valence-electron chi connectivity index (χ2n) is 3.82. The number of rotatable bonds is 4. The molecule has 0 bridgehead atoms. The first kappa shape index (κ1) is 11.7. The van der Waals surface area contributed by atoms with E-state index in [-0.39, 0.29) is 6.30 Å². The van der Waals surface area contributed by atoms with Gasteiger partial charge in [-0.15, -0.1) is 0 Å². The standard InChI is InChI=1S/C12H13BBr2N2/c13-4-3-8-1-2-9-10(5-8)17-12(7-15)11(6-14)16-9/h1-2,5H,3-4,6-7,13H2/i4D. The van der Waals surface area contributed by atoms with E-state index >= 15 is 0 Å². The van der Waals surface area contributed by atoms with Crippen LogP contribution < -0.4 is 0 Å². The van der Waals surface area contributed by atoms with E-state index in [1.165, 1.54) is 0 Å². The molecule has 0 aliphatic carbocycles. The van der Waals surface area contributed by atoms with Crippen LogP contribution in [0.4, 0.5) is 0 Å². The van der Waals surface area contributed by atoms with Crippen LogP contribution >= 0.6 is 31.9 Å². The van der Waals surface area contributed by atoms with Crippen LogP contribution in [0.3, 0.4) is 0 Å². The molecule has 0 spiro atoms. The van der Waals surface area contributed by atoms with Crippen LogP contribution in [0, 0.1) is 0 Å². The summed E-state index contributed by atoms with van der Waals surface area (Å²) in [4.78, 5) is 9.23. The molecule has 0 amide bonds. The third-order valence-corrected chi connectivity index (χ3v) is 3.64. The molecule has 2 rings (SSSR count). The molecule has 1 atom stereocenters. The summed E-state index contributed by atoms with van der Waals surface area (Å²) in [6, 6.07) is 6.07. The van der Waals surface area contributed by atoms with Gasteiger partial charge in [0.05, 0.1) is 22.4 Å². The smallest absolute Gasteiger partial charge is 0.101 e. The normalized spacial score (nSPS) is 13.6. The van der Waals surface area contributed by atoms with Crippen LogP contribution in [-0.4, -0.2) is 17.8 Å². The Hall–Kier alpha value is -0.415. The van der Waals surface area contributed by atoms with Gasteiger partial charge in [-0.3, -0.25) is 0 Å². The highest BCUT2D eigenvalue weighted by atomic mass is 79.9. The highest BCUT2D eigenvalue weighted by Crippen LogP contribution is 2.19. The van der Waals surface area contributed by atoms with E-state index in [4.69, 9.17) is 1.37 Å². The van der Waals surface area contributed by atoms with Gasteiger partial charge in [0, 0.05) is 12.0 Å². The van der Waals surface area contributed by atoms with Crippen molar-refractivity contribution in [1.29, 1.82) is 0 Å². The summed E-state index contributed by atoms with van der Waals surface area (Å²) in [5, 5.41) is 1.42. The molecule has 1 aromatic heterocycles. The largest absolute Gasteiger partial charge is 0.248 e. The molecule has 0 fully saturated rings. The van der Waals surface area contributed by atoms with E-state index in [2.05, 4.69) is 41.8 Å². The number of benzene rings is 1. The Morgan fingerprint density at radius 1 is 1.12 bits per heavy atom. The lowest BCUT2D eigenvalue weighted by atomic mass is 9.97. The molecule has 88 valence electrons. The third-order valence-electron chi connectivity index (χ3n) is 2.58. The number of hydrogen-bond acceptors (Lipinski definition) is 2. The first-order valence-corrected chi connectivity index (χ1v) is 7.71. The fourth-order valence-corrected chi connectivity index (χ4v) is 2.65. The molecule has 0 saturated heterocycles. The Kier molecular flexibility index (Phi) is 4.09. The lowest BCUT2D eigenvalue weighted by Crippen LogP contribution is -1.99. The molecule has 17 heavy (non-hydrogen) atoms. The van der Waals surface area contributed by atoms with Gasteiger partial charge in [-0.05, 0) is 24.1 Å². The molecule has 0 N–H and O–H groups in total. The van der Waals surface area contributed by atoms with Gasteiger partial charge in [-0.1, -0.05) is 44.2 Å². The summed E-state index contributed by atoms with van der Waals surface area (Å²) >= 11 is 6.87. The second-order valence-corrected chi connectivity index (χ2v) is 4.94. The first-order valence-electron chi connectivity index (χ1n) is 6.04. The van der Waals surface area contributed by atoms with Crippen molar-refractivity contribution in [2.24, 2.45) is 0 Å². The lowest BCUT2D eigenvalue weighted by molar-refractivity contribution is 1.07. The molecule has 0 radical (unpaired) electrons. The topological polar surface area (TPSA) is 25.8 Å². The van der Waals surface area contributed by atoms with E-state index in [0.29, 0.717) is 10.7 Å². The van der Waals surface area contributed by atoms with Crippen molar-refractivity contribution >= 4 is 50.7 Å². The molecular weight excluding hydrogens is 343 g/mol. The quantitative estimate of drug-likeness (QED) is 0.621. The zero-order valence-corrected chi connectivity index (χ0v) is 12.8. The highest BCUT2D eigenvalue weighted by Gasteiger charge is 2.07. The van der Waals surface area contributed by atoms with Gasteiger partial charge in [0.2, 0.25) is 0 Å². The number of nitrogens with zero attached hydrogens (tertiary/aromatic N) is 2. The summed E-state index contributed by atoms with van der Waals surface area (Å²) < 4.78 is 7.62. The molecule has 0 saturated carbocycles. The number of aryl methyl sites for hydroxylation is 1. The Balaban J connectivity index is 2.49. The summed E-state index contributed by atoms with van der Waals surface area (Å²) in [6.07, 6.45) is 0.662. The Morgan fingerprint density at radius 3 is 2.35 bits per heavy atom. The molecular formula is C12H13BBr2N2. The average molecular weight is 357 g/mol. The van der Waals surface area contributed by atoms with Crippen molar-refractivity contribution in [2.45, 2.75) is 23.4 Å². The summed E-state index contributed by atoms with van der Waals surface area (Å²) in [5.74, 6) is 0. The maximum atomic E-state index is 7.62. The van der Waals surface area contributed by atoms with Gasteiger partial charge in [0.15, 0.2) is 0 Å². The van der Waals surface area contributed by atoms with Crippen LogP contribution in [0.1, 0.15) is 18.3 Å². The zero-order valence-electron chi connectivity index (χ0n) is 10.6. The molecule has 1 aromatic carbocycles. The van der Waals surface area contributed by atoms with E-state index in [0.717, 1.165) is 34.4 Å². The molecule has 1 unspecified atom stereocenters. The first-order chi connectivity index (χ1) is 8.63. The monoisotopic (exact) mass is 355 g/mol. The predicted molar refractivity (Wildman–Crippen MR) is 81.9 cm³/mol. The Labute approximate surface area is 120 Å². The van der Waals surface area contributed by atoms with E-state index in [9.17, 15) is 0 Å². The second kappa shape index (κ2) is 5.96. The highest BCUT2D eigenvalue weighted by molar-refractivity contribution is 9.09. The van der Waals surface area contributed by atoms with Crippen LogP contribution in [0.2, 0.25) is 6.30 Å². The summed E-state index contributed by atoms with van der Waals surface area (Å²) in [6.45, 7) is 0. The van der Waals surface area contributed by atoms with E-state index in [1.54, 1.807) is 0 Å². The number of hydrogen-bond donors (Lipinski definition) is 0. The van der Waals surface area contributed by atoms with E-state index < -0.39 is 0 Å². The van der Waals surface area contributed by atoms with Crippen molar-refractivity contribution in [3.8, 4) is 0 Å². The maximum Gasteiger partial charge on any atom is 0.101 e. The van der Waals surface area contributed by atoms with Crippen LogP contribution in [0.5, 0.6) is 0 Å². The minimum absolute atomic E-state index is 0.0899. The number of alkyl halides is 2. The van der Waals surface area contributed by atoms with Crippen molar-refractivity contribution in [1.82, 2.24) is 9.97 Å². The minimum atomic E-state index is -0.0899. The van der Waals surface area contributed by atoms with Gasteiger partial charge in [-0.25, -0.2) is 9.97 Å². The van der Waals surface area contributed by atoms with Gasteiger partial charge in [-0.2, -0.15) is 0 Å². The zero-order chi connectivity index (χ0) is 13.1. The number of aromatic nitrogens is 2. The Bertz CT molecular complexity index is 563. The fourth-order valence-electron chi connectivity index (χ4n) is 1.75. The van der Waals surface area contributed by atoms with Crippen molar-refractivity contribution < 1.29 is 1.37 Å². The van der Waals surface area contributed by atoms with Gasteiger partial charge in [0.1, 0.15) is 7.85 Å². The SMILES string of the molecule is [2H]C(B)Cc1ccc2nc(CBr)c(CBr)nc2c1. The molecule has 2 aromatic rings. The maximum absolute atomic E-state index is 7.62. The summed E-state index contributed by atoms with van der Waals surface area (Å²) in [5.41, 5.74) is 4.91. The van der Waals surface area contributed by atoms with Crippen LogP contribution in [0.25, 0.3) is 11.0 Å². The number of fused-ring (bicyclic) bond motifs is 1. The number of halogens is 2. The van der Waals surface area contributed by atoms with Crippen molar-refractivity contribution in [3.05, 3.63) is 35.2 Å². The Morgan fingerprint density at radius 2 is 1.76 bits per heavy atom. The van der Waals surface area contributed by atoms with Gasteiger partial charge < -0.3 is 0 Å². The molecule has 2 nitrogen and oxygen atoms in total. The van der Waals surface area contributed by atoms with Gasteiger partial charge in [0.25, 0.3) is 0 Å². The van der Waals surface area contributed by atoms with Crippen molar-refractivity contribution in [3.63, 3.8) is 0 Å². The fraction of sp³-hybridized carbons (Fsp3) is 0.333. The minimum Gasteiger partial charge on any atom is -0.248 e. The lowest BCUT2D eigenvalue weighted by Gasteiger charge is -2.06. The molecule has 0 aliphatic heterocycles. The average Bonchev–Trinajstić information content (AvgIpc) is 2.36. The van der Waals surface area contributed by atoms with Crippen LogP contribution in [-0.2, 0) is 17.1 Å². The van der Waals surface area contributed by atoms with Gasteiger partial charge >= 0.3 is 0 Å². The predicted octanol–water partition coefficient (Wildman–Crippen LogP) is 3.01. The molecule has 1 heterocycles. The van der Waals surface area contributed by atoms with Crippen LogP contribution in [0.15, 0.2) is 18.2 Å². The molecule has 0 aliphatic rings. The summed E-state index contributed by atoms with van der Waals surface area (Å²) in [7, 11) is 1.90.